The minimum Gasteiger partial charge on any atom is -0.508 e. The Labute approximate surface area is 297 Å². The monoisotopic (exact) mass is 693 g/mol. The summed E-state index contributed by atoms with van der Waals surface area (Å²) in [5.41, 5.74) is 2.42. The summed E-state index contributed by atoms with van der Waals surface area (Å²) in [7, 11) is 1.52. The van der Waals surface area contributed by atoms with Crippen LogP contribution in [0.2, 0.25) is 0 Å². The van der Waals surface area contributed by atoms with Gasteiger partial charge in [-0.3, -0.25) is 14.9 Å². The number of carbonyl (C=O) groups is 1. The number of phenols is 1. The van der Waals surface area contributed by atoms with Gasteiger partial charge in [-0.2, -0.15) is 5.26 Å². The SMILES string of the molecule is COc1cccc(CN(Cc2cc([N+](=O)[O-])ccc2O)c2cccc(NC(=O)COC3CC(C)CCC3C(C)C)c2)c1Oc1ccc(C#N)cn1. The number of para-hydroxylation sites is 1. The molecule has 1 aliphatic rings. The van der Waals surface area contributed by atoms with E-state index in [9.17, 15) is 25.3 Å². The fourth-order valence-corrected chi connectivity index (χ4v) is 6.50. The summed E-state index contributed by atoms with van der Waals surface area (Å²) in [4.78, 5) is 30.4. The van der Waals surface area contributed by atoms with Crippen LogP contribution in [0.15, 0.2) is 79.0 Å². The predicted octanol–water partition coefficient (Wildman–Crippen LogP) is 7.99. The maximum atomic E-state index is 13.2. The lowest BCUT2D eigenvalue weighted by Gasteiger charge is -2.37. The first-order valence-corrected chi connectivity index (χ1v) is 17.0. The number of nitriles is 1. The molecular weight excluding hydrogens is 650 g/mol. The molecule has 1 aliphatic carbocycles. The van der Waals surface area contributed by atoms with Crippen molar-refractivity contribution in [2.24, 2.45) is 17.8 Å². The highest BCUT2D eigenvalue weighted by molar-refractivity contribution is 5.92. The van der Waals surface area contributed by atoms with E-state index >= 15 is 0 Å². The summed E-state index contributed by atoms with van der Waals surface area (Å²) in [6.45, 7) is 6.82. The van der Waals surface area contributed by atoms with Gasteiger partial charge >= 0.3 is 0 Å². The smallest absolute Gasteiger partial charge is 0.270 e. The van der Waals surface area contributed by atoms with E-state index in [2.05, 4.69) is 31.1 Å². The number of ether oxygens (including phenoxy) is 3. The van der Waals surface area contributed by atoms with Crippen molar-refractivity contribution in [1.29, 1.82) is 5.26 Å². The Balaban J connectivity index is 1.43. The highest BCUT2D eigenvalue weighted by Crippen LogP contribution is 2.38. The van der Waals surface area contributed by atoms with Crippen LogP contribution in [0.4, 0.5) is 17.1 Å². The normalized spacial score (nSPS) is 17.0. The van der Waals surface area contributed by atoms with Crippen LogP contribution in [0.5, 0.6) is 23.1 Å². The molecule has 266 valence electrons. The number of pyridine rings is 1. The molecule has 2 N–H and O–H groups in total. The summed E-state index contributed by atoms with van der Waals surface area (Å²) in [5.74, 6) is 2.12. The zero-order valence-electron chi connectivity index (χ0n) is 29.2. The fourth-order valence-electron chi connectivity index (χ4n) is 6.50. The van der Waals surface area contributed by atoms with Crippen LogP contribution in [-0.4, -0.2) is 40.7 Å². The number of nitro groups is 1. The summed E-state index contributed by atoms with van der Waals surface area (Å²) in [6.07, 6.45) is 4.63. The zero-order chi connectivity index (χ0) is 36.5. The lowest BCUT2D eigenvalue weighted by atomic mass is 9.75. The van der Waals surface area contributed by atoms with Gasteiger partial charge in [0.05, 0.1) is 23.7 Å². The van der Waals surface area contributed by atoms with E-state index in [1.54, 1.807) is 36.4 Å². The Morgan fingerprint density at radius 2 is 1.88 bits per heavy atom. The number of aromatic hydroxyl groups is 1. The van der Waals surface area contributed by atoms with Gasteiger partial charge in [-0.05, 0) is 67.0 Å². The number of nitrogens with one attached hydrogen (secondary N) is 1. The van der Waals surface area contributed by atoms with Gasteiger partial charge in [0.25, 0.3) is 5.69 Å². The van der Waals surface area contributed by atoms with Gasteiger partial charge in [0.2, 0.25) is 11.8 Å². The van der Waals surface area contributed by atoms with Gasteiger partial charge in [-0.25, -0.2) is 4.98 Å². The molecule has 12 heteroatoms. The molecule has 0 spiro atoms. The molecule has 1 saturated carbocycles. The molecule has 0 radical (unpaired) electrons. The predicted molar refractivity (Wildman–Crippen MR) is 193 cm³/mol. The van der Waals surface area contributed by atoms with Crippen LogP contribution in [0.25, 0.3) is 0 Å². The Kier molecular flexibility index (Phi) is 12.1. The average molecular weight is 694 g/mol. The van der Waals surface area contributed by atoms with Crippen molar-refractivity contribution in [1.82, 2.24) is 4.98 Å². The van der Waals surface area contributed by atoms with Crippen LogP contribution in [0.1, 0.15) is 56.7 Å². The van der Waals surface area contributed by atoms with Crippen molar-refractivity contribution >= 4 is 23.0 Å². The molecule has 0 saturated heterocycles. The first-order chi connectivity index (χ1) is 24.5. The average Bonchev–Trinajstić information content (AvgIpc) is 3.12. The third-order valence-electron chi connectivity index (χ3n) is 9.23. The van der Waals surface area contributed by atoms with Crippen molar-refractivity contribution in [3.8, 4) is 29.2 Å². The number of methoxy groups -OCH3 is 1. The Bertz CT molecular complexity index is 1870. The maximum absolute atomic E-state index is 13.2. The number of hydrogen-bond donors (Lipinski definition) is 2. The van der Waals surface area contributed by atoms with E-state index in [1.165, 1.54) is 37.9 Å². The number of amides is 1. The molecule has 3 unspecified atom stereocenters. The van der Waals surface area contributed by atoms with Crippen molar-refractivity contribution in [2.75, 3.05) is 23.9 Å². The summed E-state index contributed by atoms with van der Waals surface area (Å²) >= 11 is 0. The van der Waals surface area contributed by atoms with Crippen molar-refractivity contribution < 1.29 is 29.0 Å². The quantitative estimate of drug-likeness (QED) is 0.0979. The van der Waals surface area contributed by atoms with Crippen LogP contribution >= 0.6 is 0 Å². The van der Waals surface area contributed by atoms with Gasteiger partial charge in [-0.15, -0.1) is 0 Å². The number of benzene rings is 3. The third-order valence-corrected chi connectivity index (χ3v) is 9.23. The standard InChI is InChI=1S/C39H43N5O7/c1-25(2)33-14-11-26(3)17-36(33)50-24-37(46)42-30-8-6-9-31(19-30)43(23-29-18-32(44(47)48)13-15-34(29)45)22-28-7-5-10-35(49-4)39(28)51-38-16-12-27(20-40)21-41-38/h5-10,12-13,15-16,18-19,21,25-26,33,36,45H,11,14,17,22-24H2,1-4H3,(H,42,46). The zero-order valence-corrected chi connectivity index (χ0v) is 29.2. The number of carbonyl (C=O) groups excluding carboxylic acids is 1. The molecule has 1 amide bonds. The number of aromatic nitrogens is 1. The highest BCUT2D eigenvalue weighted by Gasteiger charge is 2.32. The number of phenolic OH excluding ortho intramolecular Hbond substituents is 1. The van der Waals surface area contributed by atoms with E-state index in [-0.39, 0.29) is 49.0 Å². The summed E-state index contributed by atoms with van der Waals surface area (Å²) < 4.78 is 18.0. The van der Waals surface area contributed by atoms with Crippen LogP contribution in [0, 0.1) is 39.2 Å². The van der Waals surface area contributed by atoms with Crippen molar-refractivity contribution in [3.05, 3.63) is 106 Å². The van der Waals surface area contributed by atoms with Crippen LogP contribution in [-0.2, 0) is 22.6 Å². The number of nitrogens with zero attached hydrogens (tertiary/aromatic N) is 4. The number of hydrogen-bond acceptors (Lipinski definition) is 10. The molecule has 3 aromatic carbocycles. The van der Waals surface area contributed by atoms with E-state index < -0.39 is 4.92 Å². The van der Waals surface area contributed by atoms with E-state index in [1.807, 2.05) is 29.2 Å². The second-order valence-electron chi connectivity index (χ2n) is 13.2. The number of non-ortho nitro benzene ring substituents is 1. The minimum absolute atomic E-state index is 0.0303. The molecule has 1 heterocycles. The fraction of sp³-hybridized carbons (Fsp3) is 0.359. The lowest BCUT2D eigenvalue weighted by Crippen LogP contribution is -2.36. The Morgan fingerprint density at radius 1 is 1.10 bits per heavy atom. The number of anilines is 2. The molecule has 0 bridgehead atoms. The molecule has 3 atom stereocenters. The molecule has 5 rings (SSSR count). The van der Waals surface area contributed by atoms with Gasteiger partial charge < -0.3 is 29.5 Å². The Morgan fingerprint density at radius 3 is 2.59 bits per heavy atom. The molecular formula is C39H43N5O7. The van der Waals surface area contributed by atoms with Gasteiger partial charge in [0.15, 0.2) is 11.5 Å². The van der Waals surface area contributed by atoms with Crippen molar-refractivity contribution in [2.45, 2.75) is 59.2 Å². The molecule has 1 fully saturated rings. The topological polar surface area (TPSA) is 160 Å². The minimum atomic E-state index is -0.512. The van der Waals surface area contributed by atoms with Crippen LogP contribution < -0.4 is 19.7 Å². The maximum Gasteiger partial charge on any atom is 0.270 e. The number of nitro benzene ring substituents is 1. The summed E-state index contributed by atoms with van der Waals surface area (Å²) in [6, 6.07) is 21.7. The third kappa shape index (κ3) is 9.52. The number of rotatable bonds is 14. The second kappa shape index (κ2) is 16.8. The first kappa shape index (κ1) is 36.6. The van der Waals surface area contributed by atoms with Gasteiger partial charge in [-0.1, -0.05) is 45.4 Å². The highest BCUT2D eigenvalue weighted by atomic mass is 16.6. The molecule has 12 nitrogen and oxygen atoms in total. The lowest BCUT2D eigenvalue weighted by molar-refractivity contribution is -0.384. The Hall–Kier alpha value is -5.67. The molecule has 4 aromatic rings. The van der Waals surface area contributed by atoms with E-state index in [4.69, 9.17) is 14.2 Å². The van der Waals surface area contributed by atoms with Crippen molar-refractivity contribution in [3.63, 3.8) is 0 Å². The van der Waals surface area contributed by atoms with E-state index in [0.29, 0.717) is 57.3 Å². The summed E-state index contributed by atoms with van der Waals surface area (Å²) in [5, 5.41) is 34.5. The largest absolute Gasteiger partial charge is 0.508 e. The molecule has 1 aromatic heterocycles. The molecule has 0 aliphatic heterocycles. The first-order valence-electron chi connectivity index (χ1n) is 17.0. The van der Waals surface area contributed by atoms with Gasteiger partial charge in [0, 0.05) is 60.0 Å². The van der Waals surface area contributed by atoms with Gasteiger partial charge in [0.1, 0.15) is 18.4 Å². The van der Waals surface area contributed by atoms with E-state index in [0.717, 1.165) is 12.8 Å². The second-order valence-corrected chi connectivity index (χ2v) is 13.2. The van der Waals surface area contributed by atoms with Crippen LogP contribution in [0.3, 0.4) is 0 Å². The molecule has 51 heavy (non-hydrogen) atoms.